The number of aliphatic hydroxyl groups is 1. The topological polar surface area (TPSA) is 33.1 Å². The zero-order valence-electron chi connectivity index (χ0n) is 10.1. The second-order valence-corrected chi connectivity index (χ2v) is 6.08. The summed E-state index contributed by atoms with van der Waals surface area (Å²) in [7, 11) is 0. The lowest BCUT2D eigenvalue weighted by Gasteiger charge is -2.28. The molecule has 0 fully saturated rings. The summed E-state index contributed by atoms with van der Waals surface area (Å²) < 4.78 is 0. The number of hydrogen-bond donors (Lipinski definition) is 1. The molecule has 15 heavy (non-hydrogen) atoms. The minimum absolute atomic E-state index is 0.188. The van der Waals surface area contributed by atoms with Crippen LogP contribution in [0.25, 0.3) is 0 Å². The Bertz CT molecular complexity index is 301. The Kier molecular flexibility index (Phi) is 4.29. The lowest BCUT2D eigenvalue weighted by atomic mass is 9.78. The van der Waals surface area contributed by atoms with E-state index in [1.165, 1.54) is 4.88 Å². The third-order valence-corrected chi connectivity index (χ3v) is 4.00. The number of aliphatic hydroxyl groups excluding tert-OH is 1. The average Bonchev–Trinajstić information content (AvgIpc) is 2.50. The maximum atomic E-state index is 9.35. The van der Waals surface area contributed by atoms with Crippen LogP contribution in [0.1, 0.15) is 37.8 Å². The summed E-state index contributed by atoms with van der Waals surface area (Å²) in [6.07, 6.45) is 2.09. The third-order valence-electron chi connectivity index (χ3n) is 3.01. The van der Waals surface area contributed by atoms with E-state index >= 15 is 0 Å². The zero-order valence-corrected chi connectivity index (χ0v) is 10.9. The fourth-order valence-corrected chi connectivity index (χ4v) is 2.47. The van der Waals surface area contributed by atoms with Crippen LogP contribution in [0.2, 0.25) is 0 Å². The number of aromatic nitrogens is 1. The van der Waals surface area contributed by atoms with Gasteiger partial charge in [-0.1, -0.05) is 20.8 Å². The van der Waals surface area contributed by atoms with Gasteiger partial charge in [0.1, 0.15) is 0 Å². The van der Waals surface area contributed by atoms with Crippen LogP contribution >= 0.6 is 11.3 Å². The van der Waals surface area contributed by atoms with E-state index in [9.17, 15) is 5.11 Å². The van der Waals surface area contributed by atoms with Gasteiger partial charge in [-0.3, -0.25) is 0 Å². The molecular weight excluding hydrogens is 206 g/mol. The normalized spacial score (nSPS) is 14.2. The number of rotatable bonds is 4. The molecule has 0 radical (unpaired) electrons. The van der Waals surface area contributed by atoms with E-state index in [4.69, 9.17) is 0 Å². The van der Waals surface area contributed by atoms with Gasteiger partial charge in [-0.15, -0.1) is 11.3 Å². The van der Waals surface area contributed by atoms with Crippen LogP contribution < -0.4 is 0 Å². The highest BCUT2D eigenvalue weighted by atomic mass is 32.1. The van der Waals surface area contributed by atoms with Gasteiger partial charge in [-0.2, -0.15) is 0 Å². The smallest absolute Gasteiger partial charge is 0.0797 e. The maximum Gasteiger partial charge on any atom is 0.0797 e. The molecule has 0 saturated carbocycles. The van der Waals surface area contributed by atoms with Crippen molar-refractivity contribution in [3.05, 3.63) is 16.1 Å². The first-order valence-electron chi connectivity index (χ1n) is 5.45. The minimum Gasteiger partial charge on any atom is -0.396 e. The van der Waals surface area contributed by atoms with E-state index in [-0.39, 0.29) is 12.0 Å². The number of nitrogens with zero attached hydrogens (tertiary/aromatic N) is 1. The van der Waals surface area contributed by atoms with E-state index in [1.54, 1.807) is 11.3 Å². The molecule has 0 aliphatic rings. The summed E-state index contributed by atoms with van der Waals surface area (Å²) in [6.45, 7) is 8.90. The Hall–Kier alpha value is -0.410. The van der Waals surface area contributed by atoms with Crippen molar-refractivity contribution in [1.82, 2.24) is 4.98 Å². The summed E-state index contributed by atoms with van der Waals surface area (Å²) in [6, 6.07) is 0. The molecule has 1 unspecified atom stereocenters. The van der Waals surface area contributed by atoms with Gasteiger partial charge in [-0.25, -0.2) is 4.98 Å². The number of thiazole rings is 1. The van der Waals surface area contributed by atoms with E-state index in [2.05, 4.69) is 32.7 Å². The standard InChI is InChI=1S/C12H21NOS/c1-9-11(15-8-13-9)6-5-10(7-14)12(2,3)4/h8,10,14H,5-7H2,1-4H3. The van der Waals surface area contributed by atoms with Gasteiger partial charge in [0.25, 0.3) is 0 Å². The molecule has 0 bridgehead atoms. The number of aryl methyl sites for hydroxylation is 2. The summed E-state index contributed by atoms with van der Waals surface area (Å²) in [5.74, 6) is 0.374. The second-order valence-electron chi connectivity index (χ2n) is 5.15. The van der Waals surface area contributed by atoms with Gasteiger partial charge in [0, 0.05) is 11.5 Å². The first-order chi connectivity index (χ1) is 6.95. The molecule has 1 aromatic heterocycles. The Morgan fingerprint density at radius 3 is 2.53 bits per heavy atom. The van der Waals surface area contributed by atoms with Gasteiger partial charge >= 0.3 is 0 Å². The highest BCUT2D eigenvalue weighted by molar-refractivity contribution is 7.09. The van der Waals surface area contributed by atoms with Crippen molar-refractivity contribution in [3.8, 4) is 0 Å². The SMILES string of the molecule is Cc1ncsc1CCC(CO)C(C)(C)C. The Morgan fingerprint density at radius 1 is 1.47 bits per heavy atom. The van der Waals surface area contributed by atoms with E-state index < -0.39 is 0 Å². The van der Waals surface area contributed by atoms with Gasteiger partial charge in [-0.05, 0) is 31.1 Å². The predicted octanol–water partition coefficient (Wildman–Crippen LogP) is 3.04. The van der Waals surface area contributed by atoms with Crippen molar-refractivity contribution >= 4 is 11.3 Å². The molecule has 1 rings (SSSR count). The van der Waals surface area contributed by atoms with Gasteiger partial charge in [0.2, 0.25) is 0 Å². The van der Waals surface area contributed by atoms with Crippen LogP contribution in [0, 0.1) is 18.3 Å². The molecule has 0 spiro atoms. The zero-order chi connectivity index (χ0) is 11.5. The lowest BCUT2D eigenvalue weighted by molar-refractivity contribution is 0.124. The van der Waals surface area contributed by atoms with Crippen molar-refractivity contribution < 1.29 is 5.11 Å². The molecule has 2 nitrogen and oxygen atoms in total. The summed E-state index contributed by atoms with van der Waals surface area (Å²) in [4.78, 5) is 5.60. The van der Waals surface area contributed by atoms with Crippen LogP contribution in [0.5, 0.6) is 0 Å². The monoisotopic (exact) mass is 227 g/mol. The summed E-state index contributed by atoms with van der Waals surface area (Å²) >= 11 is 1.72. The van der Waals surface area contributed by atoms with Gasteiger partial charge in [0.05, 0.1) is 11.2 Å². The quantitative estimate of drug-likeness (QED) is 0.857. The minimum atomic E-state index is 0.188. The first-order valence-corrected chi connectivity index (χ1v) is 6.33. The number of hydrogen-bond acceptors (Lipinski definition) is 3. The average molecular weight is 227 g/mol. The predicted molar refractivity (Wildman–Crippen MR) is 65.2 cm³/mol. The molecule has 1 aromatic rings. The summed E-state index contributed by atoms with van der Waals surface area (Å²) in [5, 5.41) is 9.35. The Balaban J connectivity index is 2.52. The second kappa shape index (κ2) is 5.08. The fraction of sp³-hybridized carbons (Fsp3) is 0.750. The van der Waals surface area contributed by atoms with E-state index in [1.807, 2.05) is 5.51 Å². The molecule has 1 atom stereocenters. The molecular formula is C12H21NOS. The van der Waals surface area contributed by atoms with Crippen LogP contribution in [0.3, 0.4) is 0 Å². The summed E-state index contributed by atoms with van der Waals surface area (Å²) in [5.41, 5.74) is 3.23. The highest BCUT2D eigenvalue weighted by Crippen LogP contribution is 2.30. The lowest BCUT2D eigenvalue weighted by Crippen LogP contribution is -2.24. The van der Waals surface area contributed by atoms with Gasteiger partial charge < -0.3 is 5.11 Å². The Morgan fingerprint density at radius 2 is 2.13 bits per heavy atom. The van der Waals surface area contributed by atoms with Crippen LogP contribution in [-0.2, 0) is 6.42 Å². The van der Waals surface area contributed by atoms with Crippen LogP contribution in [-0.4, -0.2) is 16.7 Å². The Labute approximate surface area is 96.4 Å². The van der Waals surface area contributed by atoms with Crippen molar-refractivity contribution in [2.45, 2.75) is 40.5 Å². The molecule has 0 aliphatic heterocycles. The fourth-order valence-electron chi connectivity index (χ4n) is 1.67. The van der Waals surface area contributed by atoms with Crippen molar-refractivity contribution in [3.63, 3.8) is 0 Å². The van der Waals surface area contributed by atoms with Crippen molar-refractivity contribution in [1.29, 1.82) is 0 Å². The third kappa shape index (κ3) is 3.58. The van der Waals surface area contributed by atoms with Crippen LogP contribution in [0.4, 0.5) is 0 Å². The maximum absolute atomic E-state index is 9.35. The van der Waals surface area contributed by atoms with E-state index in [0.717, 1.165) is 18.5 Å². The van der Waals surface area contributed by atoms with Crippen molar-refractivity contribution in [2.75, 3.05) is 6.61 Å². The molecule has 86 valence electrons. The molecule has 0 saturated heterocycles. The molecule has 3 heteroatoms. The van der Waals surface area contributed by atoms with Crippen molar-refractivity contribution in [2.24, 2.45) is 11.3 Å². The van der Waals surface area contributed by atoms with Gasteiger partial charge in [0.15, 0.2) is 0 Å². The largest absolute Gasteiger partial charge is 0.396 e. The molecule has 0 aliphatic carbocycles. The first kappa shape index (κ1) is 12.7. The highest BCUT2D eigenvalue weighted by Gasteiger charge is 2.23. The van der Waals surface area contributed by atoms with E-state index in [0.29, 0.717) is 5.92 Å². The molecule has 0 amide bonds. The molecule has 1 heterocycles. The van der Waals surface area contributed by atoms with Crippen LogP contribution in [0.15, 0.2) is 5.51 Å². The molecule has 1 N–H and O–H groups in total. The molecule has 0 aromatic carbocycles.